The summed E-state index contributed by atoms with van der Waals surface area (Å²) in [7, 11) is 3.45. The predicted molar refractivity (Wildman–Crippen MR) is 412 cm³/mol. The number of benzene rings is 2. The fraction of sp³-hybridized carbons (Fsp3) is 0.721. The largest absolute Gasteiger partial charge is 0.450 e. The molecule has 0 aliphatic heterocycles. The number of anilines is 2. The van der Waals surface area contributed by atoms with Gasteiger partial charge in [-0.1, -0.05) is 140 Å². The summed E-state index contributed by atoms with van der Waals surface area (Å²) >= 11 is 11.9. The van der Waals surface area contributed by atoms with E-state index in [1.807, 2.05) is 23.3 Å². The maximum atomic E-state index is 12.2. The number of unbranched alkanes of at least 4 members (excludes halogenated alkanes) is 12. The minimum atomic E-state index is -0.304. The van der Waals surface area contributed by atoms with Gasteiger partial charge in [0.05, 0.1) is 26.4 Å². The molecule has 100 heavy (non-hydrogen) atoms. The van der Waals surface area contributed by atoms with E-state index in [4.69, 9.17) is 42.1 Å². The number of allylic oxidation sites excluding steroid dienone is 8. The molecule has 0 spiro atoms. The number of fused-ring (bicyclic) bond motifs is 8. The number of nitrogens with one attached hydrogen (secondary N) is 2. The van der Waals surface area contributed by atoms with Crippen molar-refractivity contribution in [2.24, 2.45) is 58.2 Å². The number of carbonyl (C=O) groups is 4. The minimum Gasteiger partial charge on any atom is -0.450 e. The molecule has 0 radical (unpaired) electrons. The molecule has 0 aromatic heterocycles. The summed E-state index contributed by atoms with van der Waals surface area (Å²) in [5.41, 5.74) is 15.5. The molecule has 0 heterocycles. The van der Waals surface area contributed by atoms with E-state index in [1.54, 1.807) is 25.4 Å². The molecular weight excluding hydrogens is 1290 g/mol. The SMILES string of the molecule is COCCN(CCOC)c1ccc(CCCNC(=O)OCCCCCCCCC[C@H]2C[C@@]3(C)C(CC[C@@H]3C)C3CCC4=CC(=O)CCC4=C32)cc1.C[C@H]1CCC2C3CCC4=CC(=O)CCC4=C3[C@@H](CCCCCCCCCOC(=O)NCCCc3ccc(N(CCCl)CCCl)cc3)C[C@@]21C. The Bertz CT molecular complexity index is 3000. The quantitative estimate of drug-likeness (QED) is 0.0490. The Morgan fingerprint density at radius 1 is 0.470 bits per heavy atom. The van der Waals surface area contributed by atoms with Crippen molar-refractivity contribution < 1.29 is 38.1 Å². The highest BCUT2D eigenvalue weighted by Crippen LogP contribution is 2.66. The zero-order valence-corrected chi connectivity index (χ0v) is 64.3. The van der Waals surface area contributed by atoms with Crippen LogP contribution >= 0.6 is 23.2 Å². The lowest BCUT2D eigenvalue weighted by atomic mass is 9.52. The van der Waals surface area contributed by atoms with Crippen molar-refractivity contribution in [3.05, 3.63) is 105 Å². The average Bonchev–Trinajstić information content (AvgIpc) is 1.43. The minimum absolute atomic E-state index is 0.300. The third kappa shape index (κ3) is 22.2. The Hall–Kier alpha value is -4.62. The first-order chi connectivity index (χ1) is 48.7. The summed E-state index contributed by atoms with van der Waals surface area (Å²) in [6.07, 6.45) is 43.1. The highest BCUT2D eigenvalue weighted by atomic mass is 35.5. The predicted octanol–water partition coefficient (Wildman–Crippen LogP) is 20.5. The van der Waals surface area contributed by atoms with Gasteiger partial charge in [0.1, 0.15) is 0 Å². The summed E-state index contributed by atoms with van der Waals surface area (Å²) in [4.78, 5) is 53.3. The second kappa shape index (κ2) is 41.2. The number of hydrogen-bond acceptors (Lipinski definition) is 10. The van der Waals surface area contributed by atoms with Crippen LogP contribution in [0.1, 0.15) is 244 Å². The van der Waals surface area contributed by atoms with Crippen LogP contribution in [0.3, 0.4) is 0 Å². The van der Waals surface area contributed by atoms with Crippen LogP contribution in [-0.4, -0.2) is 115 Å². The van der Waals surface area contributed by atoms with Crippen LogP contribution in [0.25, 0.3) is 0 Å². The maximum absolute atomic E-state index is 12.2. The maximum Gasteiger partial charge on any atom is 0.407 e. The van der Waals surface area contributed by atoms with Crippen molar-refractivity contribution in [1.82, 2.24) is 10.6 Å². The van der Waals surface area contributed by atoms with Crippen molar-refractivity contribution in [2.75, 3.05) is 101 Å². The number of amides is 2. The lowest BCUT2D eigenvalue weighted by Crippen LogP contribution is -2.43. The molecular formula is C86H130Cl2N4O8. The molecule has 0 bridgehead atoms. The van der Waals surface area contributed by atoms with E-state index in [9.17, 15) is 19.2 Å². The Kier molecular flexibility index (Phi) is 32.7. The van der Waals surface area contributed by atoms with Crippen molar-refractivity contribution in [2.45, 2.75) is 246 Å². The first kappa shape index (κ1) is 79.5. The highest BCUT2D eigenvalue weighted by molar-refractivity contribution is 6.18. The summed E-state index contributed by atoms with van der Waals surface area (Å²) in [5.74, 6) is 8.18. The van der Waals surface area contributed by atoms with Gasteiger partial charge in [-0.3, -0.25) is 9.59 Å². The molecule has 10 atom stereocenters. The van der Waals surface area contributed by atoms with Crippen LogP contribution in [0.2, 0.25) is 0 Å². The number of ketones is 2. The molecule has 0 saturated heterocycles. The summed E-state index contributed by atoms with van der Waals surface area (Å²) in [6, 6.07) is 17.2. The molecule has 2 N–H and O–H groups in total. The zero-order valence-electron chi connectivity index (χ0n) is 62.8. The second-order valence-electron chi connectivity index (χ2n) is 31.9. The molecule has 4 fully saturated rings. The number of nitrogens with zero attached hydrogens (tertiary/aromatic N) is 2. The lowest BCUT2D eigenvalue weighted by Gasteiger charge is -2.52. The van der Waals surface area contributed by atoms with Gasteiger partial charge in [0.25, 0.3) is 0 Å². The summed E-state index contributed by atoms with van der Waals surface area (Å²) in [5, 5.41) is 5.81. The van der Waals surface area contributed by atoms with Gasteiger partial charge in [-0.15, -0.1) is 23.2 Å². The van der Waals surface area contributed by atoms with Crippen LogP contribution in [0.4, 0.5) is 21.0 Å². The number of alkyl carbamates (subject to hydrolysis) is 2. The molecule has 8 aliphatic carbocycles. The molecule has 2 aromatic carbocycles. The molecule has 10 rings (SSSR count). The first-order valence-corrected chi connectivity index (χ1v) is 41.3. The Labute approximate surface area is 614 Å². The summed E-state index contributed by atoms with van der Waals surface area (Å²) in [6.45, 7) is 17.1. The lowest BCUT2D eigenvalue weighted by molar-refractivity contribution is -0.115. The van der Waals surface area contributed by atoms with Gasteiger partial charge in [0, 0.05) is 89.5 Å². The van der Waals surface area contributed by atoms with Crippen LogP contribution in [-0.2, 0) is 41.4 Å². The van der Waals surface area contributed by atoms with E-state index in [-0.39, 0.29) is 12.2 Å². The zero-order chi connectivity index (χ0) is 70.7. The van der Waals surface area contributed by atoms with E-state index >= 15 is 0 Å². The van der Waals surface area contributed by atoms with E-state index in [0.717, 1.165) is 157 Å². The fourth-order valence-corrected chi connectivity index (χ4v) is 20.3. The van der Waals surface area contributed by atoms with Gasteiger partial charge in [0.2, 0.25) is 0 Å². The molecule has 12 nitrogen and oxygen atoms in total. The molecule has 2 amide bonds. The van der Waals surface area contributed by atoms with Crippen molar-refractivity contribution >= 4 is 58.3 Å². The van der Waals surface area contributed by atoms with Gasteiger partial charge in [-0.2, -0.15) is 0 Å². The van der Waals surface area contributed by atoms with Gasteiger partial charge in [-0.25, -0.2) is 9.59 Å². The Morgan fingerprint density at radius 3 is 1.24 bits per heavy atom. The number of ether oxygens (including phenoxy) is 4. The third-order valence-corrected chi connectivity index (χ3v) is 26.1. The van der Waals surface area contributed by atoms with Crippen LogP contribution in [0, 0.1) is 58.2 Å². The number of aryl methyl sites for hydroxylation is 2. The van der Waals surface area contributed by atoms with Crippen molar-refractivity contribution in [1.29, 1.82) is 0 Å². The van der Waals surface area contributed by atoms with Crippen LogP contribution < -0.4 is 20.4 Å². The number of methoxy groups -OCH3 is 2. The van der Waals surface area contributed by atoms with Gasteiger partial charge in [0.15, 0.2) is 11.6 Å². The summed E-state index contributed by atoms with van der Waals surface area (Å²) < 4.78 is 21.4. The number of carbonyl (C=O) groups excluding carboxylic acids is 4. The van der Waals surface area contributed by atoms with Crippen LogP contribution in [0.5, 0.6) is 0 Å². The standard InChI is InChI=1S/C44H68N2O5.C42H62Cl2N2O3/c1-33-15-24-41-40-22-18-35-31-38(47)21-23-39(35)42(40)36(32-44(33,41)2)14-10-8-6-5-7-9-11-28-51-43(48)45-25-12-13-34-16-19-37(20-17-34)46(26-29-49-3)27-30-50-4;1-31-13-22-39-38-20-16-33-29-36(47)19-21-37(33)40(38)34(30-42(31,39)2)12-8-6-4-3-5-7-9-28-49-41(48)45-25-10-11-32-14-17-35(18-15-32)46(26-23-43)27-24-44/h16-17,19-20,31,33,36,40-41H,5-15,18,21-30,32H2,1-4H3,(H,45,48);14-15,17-18,29,31,34,38-39H,3-13,16,19-28,30H2,1-2H3,(H,45,48)/t33-,36-,40?,41?,44+;31-,34-,38?,39?,42+/m00/s1. The van der Waals surface area contributed by atoms with Crippen molar-refractivity contribution in [3.63, 3.8) is 0 Å². The second-order valence-corrected chi connectivity index (χ2v) is 32.7. The van der Waals surface area contributed by atoms with Gasteiger partial charge >= 0.3 is 12.2 Å². The molecule has 4 unspecified atom stereocenters. The molecule has 14 heteroatoms. The molecule has 556 valence electrons. The topological polar surface area (TPSA) is 136 Å². The third-order valence-electron chi connectivity index (χ3n) is 25.8. The van der Waals surface area contributed by atoms with Crippen molar-refractivity contribution in [3.8, 4) is 0 Å². The Morgan fingerprint density at radius 2 is 0.850 bits per heavy atom. The number of alkyl halides is 2. The molecule has 2 aromatic rings. The number of hydrogen-bond donors (Lipinski definition) is 2. The van der Waals surface area contributed by atoms with E-state index in [2.05, 4.69) is 96.7 Å². The molecule has 8 aliphatic rings. The number of halogens is 2. The molecule has 4 saturated carbocycles. The van der Waals surface area contributed by atoms with Crippen LogP contribution in [0.15, 0.2) is 94.1 Å². The van der Waals surface area contributed by atoms with E-state index in [0.29, 0.717) is 85.5 Å². The van der Waals surface area contributed by atoms with E-state index < -0.39 is 0 Å². The fourth-order valence-electron chi connectivity index (χ4n) is 19.9. The average molecular weight is 1420 g/mol. The monoisotopic (exact) mass is 1420 g/mol. The number of rotatable bonds is 40. The first-order valence-electron chi connectivity index (χ1n) is 40.2. The highest BCUT2D eigenvalue weighted by Gasteiger charge is 2.56. The van der Waals surface area contributed by atoms with E-state index in [1.165, 1.54) is 156 Å². The normalized spacial score (nSPS) is 25.8. The Balaban J connectivity index is 0.000000233. The smallest absolute Gasteiger partial charge is 0.407 e. The van der Waals surface area contributed by atoms with Gasteiger partial charge in [-0.05, 0) is 256 Å². The van der Waals surface area contributed by atoms with Gasteiger partial charge < -0.3 is 39.4 Å².